The van der Waals surface area contributed by atoms with E-state index in [4.69, 9.17) is 14.2 Å². The zero-order chi connectivity index (χ0) is 17.1. The van der Waals surface area contributed by atoms with Gasteiger partial charge in [0, 0.05) is 19.9 Å². The lowest BCUT2D eigenvalue weighted by atomic mass is 9.99. The number of esters is 2. The molecule has 1 atom stereocenters. The smallest absolute Gasteiger partial charge is 0.407 e. The molecule has 0 aromatic heterocycles. The van der Waals surface area contributed by atoms with Crippen LogP contribution in [0.5, 0.6) is 0 Å². The average molecular weight is 315 g/mol. The molecule has 0 saturated carbocycles. The van der Waals surface area contributed by atoms with Crippen LogP contribution in [0.3, 0.4) is 0 Å². The second kappa shape index (κ2) is 6.54. The summed E-state index contributed by atoms with van der Waals surface area (Å²) in [7, 11) is 0. The highest BCUT2D eigenvalue weighted by molar-refractivity contribution is 5.96. The van der Waals surface area contributed by atoms with E-state index in [9.17, 15) is 14.4 Å². The highest BCUT2D eigenvalue weighted by atomic mass is 16.7. The SMILES string of the molecule is C[C@H](CCC1C(=O)OC(C)(C)OC1=O)NC(=O)OC(C)(C)C. The minimum absolute atomic E-state index is 0.241. The summed E-state index contributed by atoms with van der Waals surface area (Å²) in [6.45, 7) is 10.1. The summed E-state index contributed by atoms with van der Waals surface area (Å²) in [5, 5.41) is 2.66. The predicted molar refractivity (Wildman–Crippen MR) is 77.8 cm³/mol. The first-order valence-corrected chi connectivity index (χ1v) is 7.35. The molecule has 7 heteroatoms. The van der Waals surface area contributed by atoms with Crippen LogP contribution in [-0.2, 0) is 23.8 Å². The molecule has 0 aromatic rings. The van der Waals surface area contributed by atoms with Gasteiger partial charge in [-0.1, -0.05) is 0 Å². The lowest BCUT2D eigenvalue weighted by Crippen LogP contribution is -2.46. The monoisotopic (exact) mass is 315 g/mol. The molecule has 1 heterocycles. The number of carbonyl (C=O) groups is 3. The van der Waals surface area contributed by atoms with Crippen LogP contribution >= 0.6 is 0 Å². The molecule has 0 bridgehead atoms. The molecular formula is C15H25NO6. The maximum Gasteiger partial charge on any atom is 0.407 e. The predicted octanol–water partition coefficient (Wildman–Crippen LogP) is 2.13. The van der Waals surface area contributed by atoms with E-state index in [1.54, 1.807) is 27.7 Å². The molecule has 126 valence electrons. The van der Waals surface area contributed by atoms with Crippen molar-refractivity contribution in [2.75, 3.05) is 0 Å². The molecule has 0 aromatic carbocycles. The van der Waals surface area contributed by atoms with Crippen molar-refractivity contribution in [1.29, 1.82) is 0 Å². The fraction of sp³-hybridized carbons (Fsp3) is 0.800. The third-order valence-electron chi connectivity index (χ3n) is 2.91. The standard InChI is InChI=1S/C15H25NO6/c1-9(16-13(19)22-14(2,3)4)7-8-10-11(17)20-15(5,6)21-12(10)18/h9-10H,7-8H2,1-6H3,(H,16,19)/t9-/m1/s1. The van der Waals surface area contributed by atoms with E-state index >= 15 is 0 Å². The van der Waals surface area contributed by atoms with Crippen molar-refractivity contribution in [1.82, 2.24) is 5.32 Å². The summed E-state index contributed by atoms with van der Waals surface area (Å²) >= 11 is 0. The molecular weight excluding hydrogens is 290 g/mol. The highest BCUT2D eigenvalue weighted by Crippen LogP contribution is 2.26. The molecule has 1 amide bonds. The maximum absolute atomic E-state index is 11.8. The molecule has 1 rings (SSSR count). The number of alkyl carbamates (subject to hydrolysis) is 1. The Kier molecular flexibility index (Phi) is 5.43. The van der Waals surface area contributed by atoms with Gasteiger partial charge in [0.25, 0.3) is 5.79 Å². The van der Waals surface area contributed by atoms with Crippen molar-refractivity contribution in [3.05, 3.63) is 0 Å². The Morgan fingerprint density at radius 2 is 1.77 bits per heavy atom. The van der Waals surface area contributed by atoms with Gasteiger partial charge in [-0.25, -0.2) is 4.79 Å². The topological polar surface area (TPSA) is 90.9 Å². The Morgan fingerprint density at radius 3 is 2.23 bits per heavy atom. The molecule has 1 aliphatic heterocycles. The Morgan fingerprint density at radius 1 is 1.27 bits per heavy atom. The van der Waals surface area contributed by atoms with Crippen LogP contribution in [0, 0.1) is 5.92 Å². The first-order chi connectivity index (χ1) is 9.89. The van der Waals surface area contributed by atoms with Crippen LogP contribution in [0.25, 0.3) is 0 Å². The van der Waals surface area contributed by atoms with Crippen molar-refractivity contribution in [3.8, 4) is 0 Å². The summed E-state index contributed by atoms with van der Waals surface area (Å²) in [5.41, 5.74) is -0.577. The van der Waals surface area contributed by atoms with E-state index in [-0.39, 0.29) is 12.5 Å². The number of amides is 1. The van der Waals surface area contributed by atoms with Gasteiger partial charge in [-0.15, -0.1) is 0 Å². The zero-order valence-corrected chi connectivity index (χ0v) is 14.0. The molecule has 0 spiro atoms. The molecule has 1 N–H and O–H groups in total. The average Bonchev–Trinajstić information content (AvgIpc) is 2.22. The third kappa shape index (κ3) is 5.91. The van der Waals surface area contributed by atoms with Gasteiger partial charge < -0.3 is 19.5 Å². The molecule has 1 fully saturated rings. The van der Waals surface area contributed by atoms with Gasteiger partial charge >= 0.3 is 18.0 Å². The number of ether oxygens (including phenoxy) is 3. The first kappa shape index (κ1) is 18.3. The van der Waals surface area contributed by atoms with Crippen molar-refractivity contribution in [2.24, 2.45) is 5.92 Å². The van der Waals surface area contributed by atoms with E-state index in [1.807, 2.05) is 0 Å². The van der Waals surface area contributed by atoms with Crippen LogP contribution in [0.2, 0.25) is 0 Å². The maximum atomic E-state index is 11.8. The van der Waals surface area contributed by atoms with E-state index < -0.39 is 35.3 Å². The number of rotatable bonds is 4. The number of cyclic esters (lactones) is 2. The number of hydrogen-bond donors (Lipinski definition) is 1. The molecule has 1 saturated heterocycles. The van der Waals surface area contributed by atoms with Crippen LogP contribution in [0.15, 0.2) is 0 Å². The van der Waals surface area contributed by atoms with Crippen molar-refractivity contribution in [3.63, 3.8) is 0 Å². The summed E-state index contributed by atoms with van der Waals surface area (Å²) in [6, 6.07) is -0.245. The van der Waals surface area contributed by atoms with Gasteiger partial charge in [0.2, 0.25) is 0 Å². The van der Waals surface area contributed by atoms with Crippen LogP contribution < -0.4 is 5.32 Å². The number of nitrogens with one attached hydrogen (secondary N) is 1. The van der Waals surface area contributed by atoms with E-state index in [2.05, 4.69) is 5.32 Å². The van der Waals surface area contributed by atoms with Crippen molar-refractivity contribution < 1.29 is 28.6 Å². The van der Waals surface area contributed by atoms with E-state index in [0.29, 0.717) is 6.42 Å². The molecule has 0 unspecified atom stereocenters. The minimum Gasteiger partial charge on any atom is -0.444 e. The van der Waals surface area contributed by atoms with Crippen molar-refractivity contribution in [2.45, 2.75) is 71.8 Å². The molecule has 1 aliphatic rings. The van der Waals surface area contributed by atoms with Gasteiger partial charge in [-0.05, 0) is 40.5 Å². The van der Waals surface area contributed by atoms with Gasteiger partial charge in [0.05, 0.1) is 0 Å². The Hall–Kier alpha value is -1.79. The summed E-state index contributed by atoms with van der Waals surface area (Å²) < 4.78 is 15.2. The second-order valence-corrected chi connectivity index (χ2v) is 6.92. The van der Waals surface area contributed by atoms with Gasteiger partial charge in [-0.3, -0.25) is 9.59 Å². The number of hydrogen-bond acceptors (Lipinski definition) is 6. The van der Waals surface area contributed by atoms with Gasteiger partial charge in [-0.2, -0.15) is 0 Å². The Labute approximate surface area is 130 Å². The Balaban J connectivity index is 2.44. The molecule has 22 heavy (non-hydrogen) atoms. The zero-order valence-electron chi connectivity index (χ0n) is 14.0. The lowest BCUT2D eigenvalue weighted by Gasteiger charge is -2.33. The second-order valence-electron chi connectivity index (χ2n) is 6.92. The summed E-state index contributed by atoms with van der Waals surface area (Å²) in [4.78, 5) is 35.2. The first-order valence-electron chi connectivity index (χ1n) is 7.35. The van der Waals surface area contributed by atoms with Gasteiger partial charge in [0.15, 0.2) is 5.92 Å². The molecule has 0 aliphatic carbocycles. The van der Waals surface area contributed by atoms with E-state index in [1.165, 1.54) is 13.8 Å². The highest BCUT2D eigenvalue weighted by Gasteiger charge is 2.42. The quantitative estimate of drug-likeness (QED) is 0.631. The van der Waals surface area contributed by atoms with Crippen molar-refractivity contribution >= 4 is 18.0 Å². The molecule has 7 nitrogen and oxygen atoms in total. The van der Waals surface area contributed by atoms with E-state index in [0.717, 1.165) is 0 Å². The fourth-order valence-corrected chi connectivity index (χ4v) is 1.98. The molecule has 0 radical (unpaired) electrons. The van der Waals surface area contributed by atoms with Crippen LogP contribution in [0.4, 0.5) is 4.79 Å². The minimum atomic E-state index is -1.22. The van der Waals surface area contributed by atoms with Crippen LogP contribution in [0.1, 0.15) is 54.4 Å². The Bertz CT molecular complexity index is 431. The van der Waals surface area contributed by atoms with Crippen LogP contribution in [-0.4, -0.2) is 35.5 Å². The summed E-state index contributed by atoms with van der Waals surface area (Å²) in [6.07, 6.45) is 0.133. The van der Waals surface area contributed by atoms with Gasteiger partial charge in [0.1, 0.15) is 5.60 Å². The fourth-order valence-electron chi connectivity index (χ4n) is 1.98. The largest absolute Gasteiger partial charge is 0.444 e. The normalized spacial score (nSPS) is 19.9. The number of carbonyl (C=O) groups excluding carboxylic acids is 3. The third-order valence-corrected chi connectivity index (χ3v) is 2.91. The lowest BCUT2D eigenvalue weighted by molar-refractivity contribution is -0.240. The summed E-state index contributed by atoms with van der Waals surface area (Å²) in [5.74, 6) is -3.35.